The van der Waals surface area contributed by atoms with Crippen LogP contribution in [0.5, 0.6) is 5.75 Å². The molecule has 102 valence electrons. The van der Waals surface area contributed by atoms with Gasteiger partial charge in [0.05, 0.1) is 32.4 Å². The lowest BCUT2D eigenvalue weighted by molar-refractivity contribution is 0.0342. The third-order valence-corrected chi connectivity index (χ3v) is 3.10. The summed E-state index contributed by atoms with van der Waals surface area (Å²) in [5, 5.41) is 0. The first-order valence-corrected chi connectivity index (χ1v) is 6.49. The largest absolute Gasteiger partial charge is 0.495 e. The number of rotatable bonds is 3. The van der Waals surface area contributed by atoms with E-state index in [1.54, 1.807) is 7.11 Å². The summed E-state index contributed by atoms with van der Waals surface area (Å²) in [6.07, 6.45) is 0. The Morgan fingerprint density at radius 1 is 1.37 bits per heavy atom. The second-order valence-electron chi connectivity index (χ2n) is 4.43. The highest BCUT2D eigenvalue weighted by Gasteiger charge is 2.11. The fraction of sp³-hybridized carbons (Fsp3) is 0.467. The van der Waals surface area contributed by atoms with Crippen molar-refractivity contribution in [3.8, 4) is 17.6 Å². The molecule has 4 heteroatoms. The van der Waals surface area contributed by atoms with Gasteiger partial charge in [-0.05, 0) is 17.7 Å². The van der Waals surface area contributed by atoms with Crippen molar-refractivity contribution in [3.63, 3.8) is 0 Å². The summed E-state index contributed by atoms with van der Waals surface area (Å²) in [4.78, 5) is 2.38. The standard InChI is InChI=1S/C15H20N2O2/c1-18-15-5-4-13(11-14(15)3-2-6-16)12-17-7-9-19-10-8-17/h4-5,11H,6-10,12,16H2,1H3. The molecule has 0 atom stereocenters. The van der Waals surface area contributed by atoms with Gasteiger partial charge in [0.1, 0.15) is 5.75 Å². The molecule has 0 saturated carbocycles. The Hall–Kier alpha value is -1.54. The van der Waals surface area contributed by atoms with Crippen molar-refractivity contribution in [2.45, 2.75) is 6.54 Å². The van der Waals surface area contributed by atoms with E-state index in [4.69, 9.17) is 15.2 Å². The summed E-state index contributed by atoms with van der Waals surface area (Å²) in [5.74, 6) is 6.73. The first kappa shape index (κ1) is 13.9. The normalized spacial score (nSPS) is 15.7. The lowest BCUT2D eigenvalue weighted by atomic mass is 10.1. The molecule has 1 aliphatic rings. The van der Waals surface area contributed by atoms with E-state index in [-0.39, 0.29) is 0 Å². The second-order valence-corrected chi connectivity index (χ2v) is 4.43. The van der Waals surface area contributed by atoms with Crippen LogP contribution in [0.25, 0.3) is 0 Å². The van der Waals surface area contributed by atoms with Gasteiger partial charge in [-0.2, -0.15) is 0 Å². The zero-order chi connectivity index (χ0) is 13.5. The quantitative estimate of drug-likeness (QED) is 0.818. The van der Waals surface area contributed by atoms with Crippen LogP contribution in [0.2, 0.25) is 0 Å². The Kier molecular flexibility index (Phi) is 5.22. The number of hydrogen-bond acceptors (Lipinski definition) is 4. The molecule has 1 saturated heterocycles. The van der Waals surface area contributed by atoms with Crippen molar-refractivity contribution < 1.29 is 9.47 Å². The predicted molar refractivity (Wildman–Crippen MR) is 75.0 cm³/mol. The first-order chi connectivity index (χ1) is 9.33. The molecule has 0 aliphatic carbocycles. The fourth-order valence-electron chi connectivity index (χ4n) is 2.11. The molecular weight excluding hydrogens is 240 g/mol. The summed E-state index contributed by atoms with van der Waals surface area (Å²) in [6.45, 7) is 4.87. The molecule has 0 aromatic heterocycles. The van der Waals surface area contributed by atoms with Crippen molar-refractivity contribution in [1.29, 1.82) is 0 Å². The van der Waals surface area contributed by atoms with Gasteiger partial charge in [0.2, 0.25) is 0 Å². The number of nitrogens with two attached hydrogens (primary N) is 1. The molecule has 4 nitrogen and oxygen atoms in total. The molecule has 2 N–H and O–H groups in total. The zero-order valence-electron chi connectivity index (χ0n) is 11.3. The molecule has 1 aromatic rings. The molecule has 1 aromatic carbocycles. The molecule has 1 aliphatic heterocycles. The number of nitrogens with zero attached hydrogens (tertiary/aromatic N) is 1. The smallest absolute Gasteiger partial charge is 0.134 e. The molecule has 19 heavy (non-hydrogen) atoms. The van der Waals surface area contributed by atoms with Crippen molar-refractivity contribution in [1.82, 2.24) is 4.90 Å². The average Bonchev–Trinajstić information content (AvgIpc) is 2.46. The predicted octanol–water partition coefficient (Wildman–Crippen LogP) is 0.838. The monoisotopic (exact) mass is 260 g/mol. The van der Waals surface area contributed by atoms with Crippen molar-refractivity contribution >= 4 is 0 Å². The van der Waals surface area contributed by atoms with Gasteiger partial charge in [-0.3, -0.25) is 4.90 Å². The Morgan fingerprint density at radius 3 is 2.84 bits per heavy atom. The third kappa shape index (κ3) is 3.97. The number of hydrogen-bond donors (Lipinski definition) is 1. The third-order valence-electron chi connectivity index (χ3n) is 3.10. The van der Waals surface area contributed by atoms with Gasteiger partial charge in [0, 0.05) is 19.6 Å². The topological polar surface area (TPSA) is 47.7 Å². The van der Waals surface area contributed by atoms with Gasteiger partial charge >= 0.3 is 0 Å². The Balaban J connectivity index is 2.12. The van der Waals surface area contributed by atoms with Crippen LogP contribution in [0.3, 0.4) is 0 Å². The molecule has 0 amide bonds. The van der Waals surface area contributed by atoms with Crippen LogP contribution in [-0.2, 0) is 11.3 Å². The Morgan fingerprint density at radius 2 is 2.16 bits per heavy atom. The molecule has 0 unspecified atom stereocenters. The van der Waals surface area contributed by atoms with Gasteiger partial charge in [-0.25, -0.2) is 0 Å². The molecule has 0 spiro atoms. The minimum atomic E-state index is 0.358. The average molecular weight is 260 g/mol. The molecule has 1 fully saturated rings. The van der Waals surface area contributed by atoms with E-state index in [9.17, 15) is 0 Å². The maximum absolute atomic E-state index is 5.42. The van der Waals surface area contributed by atoms with E-state index in [0.29, 0.717) is 6.54 Å². The van der Waals surface area contributed by atoms with Gasteiger partial charge in [0.25, 0.3) is 0 Å². The van der Waals surface area contributed by atoms with Crippen LogP contribution < -0.4 is 10.5 Å². The highest BCUT2D eigenvalue weighted by molar-refractivity contribution is 5.48. The summed E-state index contributed by atoms with van der Waals surface area (Å²) < 4.78 is 10.7. The lowest BCUT2D eigenvalue weighted by Gasteiger charge is -2.26. The maximum atomic E-state index is 5.42. The Bertz CT molecular complexity index is 471. The fourth-order valence-corrected chi connectivity index (χ4v) is 2.11. The van der Waals surface area contributed by atoms with Gasteiger partial charge in [-0.1, -0.05) is 17.9 Å². The van der Waals surface area contributed by atoms with E-state index in [2.05, 4.69) is 28.9 Å². The zero-order valence-corrected chi connectivity index (χ0v) is 11.3. The minimum Gasteiger partial charge on any atom is -0.495 e. The molecule has 0 radical (unpaired) electrons. The molecule has 1 heterocycles. The molecule has 2 rings (SSSR count). The van der Waals surface area contributed by atoms with Crippen molar-refractivity contribution in [2.75, 3.05) is 40.0 Å². The van der Waals surface area contributed by atoms with E-state index in [0.717, 1.165) is 44.2 Å². The summed E-state index contributed by atoms with van der Waals surface area (Å²) in [6, 6.07) is 6.13. The Labute approximate surface area is 114 Å². The minimum absolute atomic E-state index is 0.358. The van der Waals surface area contributed by atoms with Crippen LogP contribution >= 0.6 is 0 Å². The number of benzene rings is 1. The SMILES string of the molecule is COc1ccc(CN2CCOCC2)cc1C#CCN. The van der Waals surface area contributed by atoms with Gasteiger partial charge < -0.3 is 15.2 Å². The van der Waals surface area contributed by atoms with Crippen LogP contribution in [0.15, 0.2) is 18.2 Å². The maximum Gasteiger partial charge on any atom is 0.134 e. The highest BCUT2D eigenvalue weighted by atomic mass is 16.5. The van der Waals surface area contributed by atoms with Crippen LogP contribution in [0.1, 0.15) is 11.1 Å². The van der Waals surface area contributed by atoms with Gasteiger partial charge in [-0.15, -0.1) is 0 Å². The van der Waals surface area contributed by atoms with E-state index >= 15 is 0 Å². The number of morpholine rings is 1. The summed E-state index contributed by atoms with van der Waals surface area (Å²) in [7, 11) is 1.66. The van der Waals surface area contributed by atoms with Gasteiger partial charge in [0.15, 0.2) is 0 Å². The summed E-state index contributed by atoms with van der Waals surface area (Å²) in [5.41, 5.74) is 7.56. The summed E-state index contributed by atoms with van der Waals surface area (Å²) >= 11 is 0. The van der Waals surface area contributed by atoms with Crippen LogP contribution in [0, 0.1) is 11.8 Å². The lowest BCUT2D eigenvalue weighted by Crippen LogP contribution is -2.35. The van der Waals surface area contributed by atoms with Crippen LogP contribution in [-0.4, -0.2) is 44.9 Å². The van der Waals surface area contributed by atoms with Crippen LogP contribution in [0.4, 0.5) is 0 Å². The molecule has 0 bridgehead atoms. The first-order valence-electron chi connectivity index (χ1n) is 6.49. The van der Waals surface area contributed by atoms with Crippen molar-refractivity contribution in [3.05, 3.63) is 29.3 Å². The highest BCUT2D eigenvalue weighted by Crippen LogP contribution is 2.20. The van der Waals surface area contributed by atoms with E-state index < -0.39 is 0 Å². The van der Waals surface area contributed by atoms with Crippen molar-refractivity contribution in [2.24, 2.45) is 5.73 Å². The van der Waals surface area contributed by atoms with E-state index in [1.165, 1.54) is 5.56 Å². The number of methoxy groups -OCH3 is 1. The molecular formula is C15H20N2O2. The van der Waals surface area contributed by atoms with E-state index in [1.807, 2.05) is 6.07 Å². The number of ether oxygens (including phenoxy) is 2. The second kappa shape index (κ2) is 7.15.